The Morgan fingerprint density at radius 1 is 1.12 bits per heavy atom. The molecule has 3 aromatic rings. The largest absolute Gasteiger partial charge is 0.493 e. The molecule has 3 rings (SSSR count). The van der Waals surface area contributed by atoms with E-state index in [1.165, 1.54) is 26.4 Å². The number of esters is 1. The van der Waals surface area contributed by atoms with E-state index < -0.39 is 23.8 Å². The van der Waals surface area contributed by atoms with Crippen LogP contribution in [0.1, 0.15) is 34.8 Å². The highest BCUT2D eigenvalue weighted by molar-refractivity contribution is 5.96. The van der Waals surface area contributed by atoms with E-state index >= 15 is 0 Å². The van der Waals surface area contributed by atoms with Crippen molar-refractivity contribution in [3.8, 4) is 22.9 Å². The average Bonchev–Trinajstić information content (AvgIpc) is 3.29. The fourth-order valence-corrected chi connectivity index (χ4v) is 2.77. The first-order valence-corrected chi connectivity index (χ1v) is 9.62. The summed E-state index contributed by atoms with van der Waals surface area (Å²) in [6, 6.07) is 9.18. The summed E-state index contributed by atoms with van der Waals surface area (Å²) in [5, 5.41) is 6.26. The number of hydrogen-bond acceptors (Lipinski definition) is 8. The Labute approximate surface area is 183 Å². The monoisotopic (exact) mass is 443 g/mol. The molecular weight excluding hydrogens is 421 g/mol. The van der Waals surface area contributed by atoms with Crippen LogP contribution in [0.5, 0.6) is 11.5 Å². The quantitative estimate of drug-likeness (QED) is 0.528. The van der Waals surface area contributed by atoms with Gasteiger partial charge in [0.15, 0.2) is 17.6 Å². The Balaban J connectivity index is 1.56. The highest BCUT2D eigenvalue weighted by Crippen LogP contribution is 2.27. The summed E-state index contributed by atoms with van der Waals surface area (Å²) in [7, 11) is 2.94. The van der Waals surface area contributed by atoms with Gasteiger partial charge in [-0.15, -0.1) is 0 Å². The lowest BCUT2D eigenvalue weighted by molar-refractivity contribution is -0.148. The molecule has 0 spiro atoms. The van der Waals surface area contributed by atoms with Gasteiger partial charge in [-0.05, 0) is 43.7 Å². The van der Waals surface area contributed by atoms with Crippen LogP contribution in [0.2, 0.25) is 0 Å². The number of methoxy groups -OCH3 is 2. The van der Waals surface area contributed by atoms with E-state index in [1.807, 2.05) is 0 Å². The fraction of sp³-hybridized carbons (Fsp3) is 0.273. The van der Waals surface area contributed by atoms with Gasteiger partial charge in [0.25, 0.3) is 11.8 Å². The molecule has 10 heteroatoms. The summed E-state index contributed by atoms with van der Waals surface area (Å²) in [4.78, 5) is 28.6. The lowest BCUT2D eigenvalue weighted by Gasteiger charge is -2.11. The number of carbonyl (C=O) groups is 2. The number of benzene rings is 2. The molecule has 0 radical (unpaired) electrons. The van der Waals surface area contributed by atoms with Crippen molar-refractivity contribution in [3.05, 3.63) is 59.2 Å². The van der Waals surface area contributed by atoms with Crippen molar-refractivity contribution in [2.45, 2.75) is 20.0 Å². The van der Waals surface area contributed by atoms with Crippen molar-refractivity contribution in [1.82, 2.24) is 15.5 Å². The molecule has 1 unspecified atom stereocenters. The zero-order valence-corrected chi connectivity index (χ0v) is 18.0. The van der Waals surface area contributed by atoms with Crippen molar-refractivity contribution in [2.24, 2.45) is 0 Å². The van der Waals surface area contributed by atoms with Gasteiger partial charge in [0.1, 0.15) is 12.4 Å². The standard InChI is InChI=1S/C22H22FN3O6/c1-12-5-6-14(9-16(12)23)20-25-22(32-26-20)13(2)31-19(27)11-24-21(28)15-7-8-17(29-3)18(10-15)30-4/h5-10,13H,11H2,1-4H3,(H,24,28). The minimum atomic E-state index is -0.864. The number of hydrogen-bond donors (Lipinski definition) is 1. The molecule has 0 aliphatic rings. The van der Waals surface area contributed by atoms with Crippen LogP contribution in [0, 0.1) is 12.7 Å². The van der Waals surface area contributed by atoms with Gasteiger partial charge < -0.3 is 24.1 Å². The second kappa shape index (κ2) is 9.90. The first kappa shape index (κ1) is 22.7. The Kier molecular flexibility index (Phi) is 7.04. The molecule has 0 saturated heterocycles. The summed E-state index contributed by atoms with van der Waals surface area (Å²) >= 11 is 0. The van der Waals surface area contributed by atoms with Crippen molar-refractivity contribution < 1.29 is 32.7 Å². The number of rotatable bonds is 8. The van der Waals surface area contributed by atoms with Crippen molar-refractivity contribution in [1.29, 1.82) is 0 Å². The van der Waals surface area contributed by atoms with E-state index in [9.17, 15) is 14.0 Å². The summed E-state index contributed by atoms with van der Waals surface area (Å²) in [6.45, 7) is 2.81. The van der Waals surface area contributed by atoms with E-state index in [-0.39, 0.29) is 23.8 Å². The fourth-order valence-electron chi connectivity index (χ4n) is 2.77. The lowest BCUT2D eigenvalue weighted by Crippen LogP contribution is -2.31. The molecule has 0 saturated carbocycles. The third kappa shape index (κ3) is 5.20. The predicted octanol–water partition coefficient (Wildman–Crippen LogP) is 3.24. The van der Waals surface area contributed by atoms with Crippen LogP contribution in [-0.2, 0) is 9.53 Å². The first-order chi connectivity index (χ1) is 15.3. The number of carbonyl (C=O) groups excluding carboxylic acids is 2. The number of amides is 1. The Bertz CT molecular complexity index is 1130. The van der Waals surface area contributed by atoms with Crippen molar-refractivity contribution >= 4 is 11.9 Å². The van der Waals surface area contributed by atoms with Gasteiger partial charge in [-0.1, -0.05) is 17.3 Å². The van der Waals surface area contributed by atoms with Gasteiger partial charge in [-0.3, -0.25) is 9.59 Å². The van der Waals surface area contributed by atoms with E-state index in [4.69, 9.17) is 18.7 Å². The molecule has 1 heterocycles. The van der Waals surface area contributed by atoms with Crippen LogP contribution in [0.4, 0.5) is 4.39 Å². The number of ether oxygens (including phenoxy) is 3. The average molecular weight is 443 g/mol. The van der Waals surface area contributed by atoms with Crippen molar-refractivity contribution in [2.75, 3.05) is 20.8 Å². The van der Waals surface area contributed by atoms with Crippen LogP contribution in [-0.4, -0.2) is 42.8 Å². The molecule has 1 amide bonds. The molecule has 0 aliphatic heterocycles. The SMILES string of the molecule is COc1ccc(C(=O)NCC(=O)OC(C)c2nc(-c3ccc(C)c(F)c3)no2)cc1OC. The van der Waals surface area contributed by atoms with Crippen LogP contribution < -0.4 is 14.8 Å². The third-order valence-corrected chi connectivity index (χ3v) is 4.57. The van der Waals surface area contributed by atoms with Crippen molar-refractivity contribution in [3.63, 3.8) is 0 Å². The molecule has 1 atom stereocenters. The molecule has 32 heavy (non-hydrogen) atoms. The van der Waals surface area contributed by atoms with Gasteiger partial charge in [0, 0.05) is 11.1 Å². The van der Waals surface area contributed by atoms with Crippen LogP contribution >= 0.6 is 0 Å². The van der Waals surface area contributed by atoms with Gasteiger partial charge in [0.2, 0.25) is 5.82 Å². The molecule has 0 fully saturated rings. The highest BCUT2D eigenvalue weighted by Gasteiger charge is 2.20. The Hall–Kier alpha value is -3.95. The zero-order chi connectivity index (χ0) is 23.3. The van der Waals surface area contributed by atoms with E-state index in [0.29, 0.717) is 22.6 Å². The minimum Gasteiger partial charge on any atom is -0.493 e. The molecule has 9 nitrogen and oxygen atoms in total. The summed E-state index contributed by atoms with van der Waals surface area (Å²) < 4.78 is 34.4. The molecule has 1 aromatic heterocycles. The summed E-state index contributed by atoms with van der Waals surface area (Å²) in [5.41, 5.74) is 1.22. The first-order valence-electron chi connectivity index (χ1n) is 9.62. The molecule has 1 N–H and O–H groups in total. The summed E-state index contributed by atoms with van der Waals surface area (Å²) in [6.07, 6.45) is -0.864. The van der Waals surface area contributed by atoms with Gasteiger partial charge in [0.05, 0.1) is 14.2 Å². The van der Waals surface area contributed by atoms with E-state index in [2.05, 4.69) is 15.5 Å². The van der Waals surface area contributed by atoms with Crippen LogP contribution in [0.25, 0.3) is 11.4 Å². The maximum atomic E-state index is 13.8. The maximum absolute atomic E-state index is 13.8. The number of halogens is 1. The molecular formula is C22H22FN3O6. The molecule has 168 valence electrons. The van der Waals surface area contributed by atoms with Gasteiger partial charge in [-0.25, -0.2) is 4.39 Å². The molecule has 0 aliphatic carbocycles. The smallest absolute Gasteiger partial charge is 0.326 e. The predicted molar refractivity (Wildman–Crippen MR) is 111 cm³/mol. The molecule has 0 bridgehead atoms. The van der Waals surface area contributed by atoms with E-state index in [1.54, 1.807) is 38.1 Å². The van der Waals surface area contributed by atoms with E-state index in [0.717, 1.165) is 0 Å². The number of aromatic nitrogens is 2. The summed E-state index contributed by atoms with van der Waals surface area (Å²) in [5.74, 6) is -0.506. The Morgan fingerprint density at radius 3 is 2.56 bits per heavy atom. The second-order valence-electron chi connectivity index (χ2n) is 6.80. The normalized spacial score (nSPS) is 11.5. The van der Waals surface area contributed by atoms with Gasteiger partial charge >= 0.3 is 5.97 Å². The van der Waals surface area contributed by atoms with Gasteiger partial charge in [-0.2, -0.15) is 4.98 Å². The molecule has 2 aromatic carbocycles. The topological polar surface area (TPSA) is 113 Å². The van der Waals surface area contributed by atoms with Crippen LogP contribution in [0.3, 0.4) is 0 Å². The number of nitrogens with one attached hydrogen (secondary N) is 1. The maximum Gasteiger partial charge on any atom is 0.326 e. The minimum absolute atomic E-state index is 0.0422. The zero-order valence-electron chi connectivity index (χ0n) is 18.0. The second-order valence-corrected chi connectivity index (χ2v) is 6.80. The third-order valence-electron chi connectivity index (χ3n) is 4.57. The lowest BCUT2D eigenvalue weighted by atomic mass is 10.1. The Morgan fingerprint density at radius 2 is 1.88 bits per heavy atom. The van der Waals surface area contributed by atoms with Crippen LogP contribution in [0.15, 0.2) is 40.9 Å². The number of aryl methyl sites for hydroxylation is 1. The highest BCUT2D eigenvalue weighted by atomic mass is 19.1. The number of nitrogens with zero attached hydrogens (tertiary/aromatic N) is 2.